The fourth-order valence-corrected chi connectivity index (χ4v) is 5.02. The summed E-state index contributed by atoms with van der Waals surface area (Å²) in [5.74, 6) is -0.763. The number of carbonyl (C=O) groups excluding carboxylic acids is 2. The number of esters is 1. The summed E-state index contributed by atoms with van der Waals surface area (Å²) in [7, 11) is -1.86. The lowest BCUT2D eigenvalue weighted by Crippen LogP contribution is -2.35. The zero-order chi connectivity index (χ0) is 23.2. The summed E-state index contributed by atoms with van der Waals surface area (Å²) in [5.41, 5.74) is 5.66. The fourth-order valence-electron chi connectivity index (χ4n) is 4.29. The van der Waals surface area contributed by atoms with Crippen LogP contribution in [-0.4, -0.2) is 50.3 Å². The van der Waals surface area contributed by atoms with Crippen molar-refractivity contribution in [1.29, 1.82) is 0 Å². The topological polar surface area (TPSA) is 147 Å². The highest BCUT2D eigenvalue weighted by molar-refractivity contribution is 7.90. The van der Waals surface area contributed by atoms with Crippen LogP contribution in [-0.2, 0) is 25.8 Å². The smallest absolute Gasteiger partial charge is 0.322 e. The average Bonchev–Trinajstić information content (AvgIpc) is 3.19. The van der Waals surface area contributed by atoms with Gasteiger partial charge in [0.25, 0.3) is 5.69 Å². The highest BCUT2D eigenvalue weighted by Gasteiger charge is 2.42. The second-order valence-corrected chi connectivity index (χ2v) is 10.6. The molecule has 0 saturated heterocycles. The minimum absolute atomic E-state index is 0.0237. The molecule has 0 amide bonds. The van der Waals surface area contributed by atoms with Gasteiger partial charge in [0.1, 0.15) is 15.9 Å². The molecule has 2 rings (SSSR count). The van der Waals surface area contributed by atoms with E-state index < -0.39 is 32.2 Å². The number of hydrogen-bond donors (Lipinski definition) is 1. The van der Waals surface area contributed by atoms with Crippen LogP contribution in [0.5, 0.6) is 0 Å². The zero-order valence-electron chi connectivity index (χ0n) is 18.0. The third kappa shape index (κ3) is 6.57. The minimum Gasteiger partial charge on any atom is -0.468 e. The quantitative estimate of drug-likeness (QED) is 0.176. The monoisotopic (exact) mass is 454 g/mol. The molecule has 1 atom stereocenters. The summed E-state index contributed by atoms with van der Waals surface area (Å²) in [6.07, 6.45) is 5.79. The van der Waals surface area contributed by atoms with E-state index in [1.54, 1.807) is 0 Å². The van der Waals surface area contributed by atoms with E-state index in [1.165, 1.54) is 31.6 Å². The van der Waals surface area contributed by atoms with Gasteiger partial charge in [0, 0.05) is 35.1 Å². The van der Waals surface area contributed by atoms with E-state index in [-0.39, 0.29) is 29.2 Å². The molecule has 1 aromatic carbocycles. The van der Waals surface area contributed by atoms with Gasteiger partial charge < -0.3 is 10.5 Å². The molecular weight excluding hydrogens is 424 g/mol. The maximum atomic E-state index is 13.7. The van der Waals surface area contributed by atoms with Crippen molar-refractivity contribution in [2.45, 2.75) is 57.4 Å². The fraction of sp³-hybridized carbons (Fsp3) is 0.619. The van der Waals surface area contributed by atoms with Crippen LogP contribution in [0.25, 0.3) is 0 Å². The van der Waals surface area contributed by atoms with E-state index in [1.807, 2.05) is 0 Å². The molecule has 1 aromatic rings. The van der Waals surface area contributed by atoms with Crippen molar-refractivity contribution >= 4 is 27.3 Å². The highest BCUT2D eigenvalue weighted by atomic mass is 32.2. The van der Waals surface area contributed by atoms with Crippen molar-refractivity contribution in [2.75, 3.05) is 19.1 Å². The molecule has 0 spiro atoms. The Morgan fingerprint density at radius 2 is 1.90 bits per heavy atom. The molecule has 31 heavy (non-hydrogen) atoms. The number of non-ortho nitro benzene ring substituents is 1. The lowest BCUT2D eigenvalue weighted by atomic mass is 9.73. The number of unbranched alkanes of at least 4 members (excludes halogenated alkanes) is 1. The van der Waals surface area contributed by atoms with Gasteiger partial charge in [-0.25, -0.2) is 8.42 Å². The second-order valence-electron chi connectivity index (χ2n) is 8.34. The second kappa shape index (κ2) is 10.3. The van der Waals surface area contributed by atoms with Crippen molar-refractivity contribution in [1.82, 2.24) is 0 Å². The van der Waals surface area contributed by atoms with Gasteiger partial charge in [0.2, 0.25) is 0 Å². The normalized spacial score (nSPS) is 16.6. The summed E-state index contributed by atoms with van der Waals surface area (Å²) < 4.78 is 27.5. The summed E-state index contributed by atoms with van der Waals surface area (Å²) >= 11 is 0. The van der Waals surface area contributed by atoms with E-state index in [0.29, 0.717) is 37.7 Å². The number of nitro benzene ring substituents is 1. The first-order valence-corrected chi connectivity index (χ1v) is 12.4. The van der Waals surface area contributed by atoms with Gasteiger partial charge in [-0.05, 0) is 37.7 Å². The van der Waals surface area contributed by atoms with Crippen LogP contribution in [0, 0.1) is 15.5 Å². The lowest BCUT2D eigenvalue weighted by Gasteiger charge is -2.28. The molecule has 0 bridgehead atoms. The summed E-state index contributed by atoms with van der Waals surface area (Å²) in [4.78, 5) is 36.2. The van der Waals surface area contributed by atoms with Gasteiger partial charge in [-0.2, -0.15) is 0 Å². The number of ketones is 1. The Balaban J connectivity index is 2.34. The molecule has 2 N–H and O–H groups in total. The van der Waals surface area contributed by atoms with Gasteiger partial charge in [0.15, 0.2) is 5.78 Å². The van der Waals surface area contributed by atoms with Crippen LogP contribution in [0.2, 0.25) is 0 Å². The molecule has 1 fully saturated rings. The molecule has 1 aliphatic rings. The van der Waals surface area contributed by atoms with Crippen LogP contribution in [0.3, 0.4) is 0 Å². The Morgan fingerprint density at radius 1 is 1.26 bits per heavy atom. The van der Waals surface area contributed by atoms with Crippen LogP contribution < -0.4 is 5.73 Å². The lowest BCUT2D eigenvalue weighted by molar-refractivity contribution is -0.384. The van der Waals surface area contributed by atoms with E-state index >= 15 is 0 Å². The predicted octanol–water partition coefficient (Wildman–Crippen LogP) is 2.60. The Kier molecular flexibility index (Phi) is 8.30. The van der Waals surface area contributed by atoms with Crippen molar-refractivity contribution in [2.24, 2.45) is 11.1 Å². The molecule has 1 saturated carbocycles. The van der Waals surface area contributed by atoms with E-state index in [2.05, 4.69) is 4.74 Å². The highest BCUT2D eigenvalue weighted by Crippen LogP contribution is 2.45. The van der Waals surface area contributed by atoms with Gasteiger partial charge in [-0.15, -0.1) is 0 Å². The van der Waals surface area contributed by atoms with Gasteiger partial charge >= 0.3 is 5.97 Å². The number of methoxy groups -OCH3 is 1. The molecule has 10 heteroatoms. The van der Waals surface area contributed by atoms with Crippen molar-refractivity contribution in [3.8, 4) is 0 Å². The third-order valence-corrected chi connectivity index (χ3v) is 6.99. The van der Waals surface area contributed by atoms with E-state index in [9.17, 15) is 28.1 Å². The van der Waals surface area contributed by atoms with Gasteiger partial charge in [-0.3, -0.25) is 19.7 Å². The number of ether oxygens (including phenoxy) is 1. The first kappa shape index (κ1) is 24.9. The largest absolute Gasteiger partial charge is 0.468 e. The van der Waals surface area contributed by atoms with Crippen LogP contribution in [0.15, 0.2) is 18.2 Å². The summed E-state index contributed by atoms with van der Waals surface area (Å²) in [6, 6.07) is 3.04. The van der Waals surface area contributed by atoms with Crippen molar-refractivity contribution < 1.29 is 27.7 Å². The van der Waals surface area contributed by atoms with E-state index in [0.717, 1.165) is 12.8 Å². The molecule has 1 aliphatic carbocycles. The minimum atomic E-state index is -3.08. The molecule has 0 radical (unpaired) electrons. The molecular formula is C21H30N2O7S. The molecule has 0 heterocycles. The van der Waals surface area contributed by atoms with E-state index in [4.69, 9.17) is 5.73 Å². The summed E-state index contributed by atoms with van der Waals surface area (Å²) in [5, 5.41) is 11.3. The molecule has 0 aromatic heterocycles. The van der Waals surface area contributed by atoms with Crippen LogP contribution in [0.1, 0.15) is 60.9 Å². The molecule has 0 aliphatic heterocycles. The maximum Gasteiger partial charge on any atom is 0.322 e. The molecule has 1 unspecified atom stereocenters. The standard InChI is InChI=1S/C21H30N2O7S/c1-30-20(25)18(22)13-15-7-8-16(23(26)27)14-17(15)19(24)21(9-3-4-10-21)11-5-6-12-31(2,28)29/h7-8,14,18H,3-6,9-13,22H2,1-2H3. The Hall–Kier alpha value is -2.33. The van der Waals surface area contributed by atoms with Gasteiger partial charge in [-0.1, -0.05) is 25.3 Å². The number of Topliss-reactive ketones (excluding diaryl/α,β-unsaturated/α-hetero) is 1. The zero-order valence-corrected chi connectivity index (χ0v) is 18.8. The number of benzene rings is 1. The number of rotatable bonds is 11. The van der Waals surface area contributed by atoms with Crippen LogP contribution in [0.4, 0.5) is 5.69 Å². The third-order valence-electron chi connectivity index (χ3n) is 5.96. The van der Waals surface area contributed by atoms with Crippen molar-refractivity contribution in [3.05, 3.63) is 39.4 Å². The molecule has 9 nitrogen and oxygen atoms in total. The van der Waals surface area contributed by atoms with Gasteiger partial charge in [0.05, 0.1) is 12.0 Å². The van der Waals surface area contributed by atoms with Crippen LogP contribution >= 0.6 is 0 Å². The number of nitro groups is 1. The predicted molar refractivity (Wildman–Crippen MR) is 116 cm³/mol. The Bertz CT molecular complexity index is 937. The number of nitrogens with two attached hydrogens (primary N) is 1. The Labute approximate surface area is 182 Å². The van der Waals surface area contributed by atoms with Crippen molar-refractivity contribution in [3.63, 3.8) is 0 Å². The first-order valence-electron chi connectivity index (χ1n) is 10.3. The average molecular weight is 455 g/mol. The molecule has 172 valence electrons. The number of nitrogens with zero attached hydrogens (tertiary/aromatic N) is 1. The SMILES string of the molecule is COC(=O)C(N)Cc1ccc([N+](=O)[O-])cc1C(=O)C1(CCCCS(C)(=O)=O)CCCC1. The number of carbonyl (C=O) groups is 2. The first-order chi connectivity index (χ1) is 14.5. The maximum absolute atomic E-state index is 13.7. The number of hydrogen-bond acceptors (Lipinski definition) is 8. The number of sulfone groups is 1. The summed E-state index contributed by atoms with van der Waals surface area (Å²) in [6.45, 7) is 0. The Morgan fingerprint density at radius 3 is 2.45 bits per heavy atom.